The molecule has 22 heavy (non-hydrogen) atoms. The fraction of sp³-hybridized carbons (Fsp3) is 0.188. The average molecular weight is 332 g/mol. The van der Waals surface area contributed by atoms with Crippen LogP contribution in [0, 0.1) is 0 Å². The highest BCUT2D eigenvalue weighted by atomic mass is 32.2. The van der Waals surface area contributed by atoms with Gasteiger partial charge in [0.05, 0.1) is 5.37 Å². The highest BCUT2D eigenvalue weighted by Gasteiger charge is 2.34. The summed E-state index contributed by atoms with van der Waals surface area (Å²) in [6, 6.07) is 13.2. The number of hydrogen-bond donors (Lipinski definition) is 0. The second-order valence-corrected chi connectivity index (χ2v) is 7.84. The van der Waals surface area contributed by atoms with E-state index in [1.807, 2.05) is 42.5 Å². The Morgan fingerprint density at radius 3 is 2.73 bits per heavy atom. The Kier molecular flexibility index (Phi) is 4.61. The third-order valence-corrected chi connectivity index (χ3v) is 6.30. The van der Waals surface area contributed by atoms with Gasteiger partial charge in [-0.05, 0) is 23.3 Å². The summed E-state index contributed by atoms with van der Waals surface area (Å²) < 4.78 is 26.7. The molecule has 1 atom stereocenters. The summed E-state index contributed by atoms with van der Waals surface area (Å²) >= 11 is 1.62. The summed E-state index contributed by atoms with van der Waals surface area (Å²) in [5, 5.41) is 1.09. The van der Waals surface area contributed by atoms with Crippen LogP contribution in [0.2, 0.25) is 0 Å². The van der Waals surface area contributed by atoms with Crippen LogP contribution in [0.4, 0.5) is 0 Å². The number of nitrogens with zero attached hydrogens (tertiary/aromatic N) is 2. The summed E-state index contributed by atoms with van der Waals surface area (Å²) in [6.45, 7) is 0.520. The third-order valence-electron chi connectivity index (χ3n) is 3.38. The van der Waals surface area contributed by atoms with Gasteiger partial charge in [-0.2, -0.15) is 4.31 Å². The molecule has 0 aliphatic carbocycles. The number of sulfonamides is 1. The van der Waals surface area contributed by atoms with Crippen molar-refractivity contribution in [3.63, 3.8) is 0 Å². The van der Waals surface area contributed by atoms with Crippen LogP contribution in [0.25, 0.3) is 6.08 Å². The Labute approximate surface area is 134 Å². The van der Waals surface area contributed by atoms with Crippen molar-refractivity contribution in [3.05, 3.63) is 71.4 Å². The van der Waals surface area contributed by atoms with Crippen LogP contribution in [-0.2, 0) is 10.0 Å². The molecule has 1 saturated heterocycles. The smallest absolute Gasteiger partial charge is 0.237 e. The van der Waals surface area contributed by atoms with Crippen molar-refractivity contribution < 1.29 is 8.42 Å². The third kappa shape index (κ3) is 3.40. The van der Waals surface area contributed by atoms with Gasteiger partial charge < -0.3 is 0 Å². The van der Waals surface area contributed by atoms with Crippen LogP contribution in [-0.4, -0.2) is 30.0 Å². The molecular formula is C16H16N2O2S2. The second kappa shape index (κ2) is 6.64. The van der Waals surface area contributed by atoms with E-state index in [1.165, 1.54) is 9.71 Å². The van der Waals surface area contributed by atoms with Crippen molar-refractivity contribution in [2.75, 3.05) is 12.3 Å². The zero-order valence-electron chi connectivity index (χ0n) is 11.9. The van der Waals surface area contributed by atoms with Crippen molar-refractivity contribution in [3.8, 4) is 0 Å². The maximum absolute atomic E-state index is 12.6. The molecule has 1 fully saturated rings. The first-order valence-electron chi connectivity index (χ1n) is 6.93. The van der Waals surface area contributed by atoms with E-state index in [-0.39, 0.29) is 5.37 Å². The summed E-state index contributed by atoms with van der Waals surface area (Å²) in [4.78, 5) is 4.09. The van der Waals surface area contributed by atoms with Gasteiger partial charge in [-0.3, -0.25) is 4.98 Å². The lowest BCUT2D eigenvalue weighted by Gasteiger charge is -2.21. The fourth-order valence-electron chi connectivity index (χ4n) is 2.31. The first-order valence-corrected chi connectivity index (χ1v) is 9.48. The molecule has 114 valence electrons. The van der Waals surface area contributed by atoms with Crippen molar-refractivity contribution in [1.29, 1.82) is 0 Å². The molecule has 4 nitrogen and oxygen atoms in total. The summed E-state index contributed by atoms with van der Waals surface area (Å²) in [7, 11) is -3.45. The lowest BCUT2D eigenvalue weighted by atomic mass is 10.2. The highest BCUT2D eigenvalue weighted by Crippen LogP contribution is 2.39. The largest absolute Gasteiger partial charge is 0.264 e. The van der Waals surface area contributed by atoms with Gasteiger partial charge in [-0.1, -0.05) is 36.4 Å². The van der Waals surface area contributed by atoms with E-state index in [0.717, 1.165) is 16.9 Å². The molecule has 6 heteroatoms. The van der Waals surface area contributed by atoms with Gasteiger partial charge in [-0.15, -0.1) is 11.8 Å². The standard InChI is InChI=1S/C16H16N2O2S2/c19-22(20,12-8-14-5-2-1-3-6-14)18-10-11-21-16(18)15-7-4-9-17-13-15/h1-9,12-13,16H,10-11H2. The topological polar surface area (TPSA) is 50.3 Å². The molecule has 0 spiro atoms. The molecule has 0 bridgehead atoms. The van der Waals surface area contributed by atoms with Gasteiger partial charge in [0.15, 0.2) is 0 Å². The van der Waals surface area contributed by atoms with Gasteiger partial charge in [0, 0.05) is 30.1 Å². The maximum Gasteiger partial charge on any atom is 0.237 e. The van der Waals surface area contributed by atoms with E-state index in [1.54, 1.807) is 30.2 Å². The Hall–Kier alpha value is -1.63. The SMILES string of the molecule is O=S(=O)(C=Cc1ccccc1)N1CCSC1c1cccnc1. The number of benzene rings is 1. The molecule has 1 aromatic carbocycles. The lowest BCUT2D eigenvalue weighted by molar-refractivity contribution is 0.441. The molecule has 3 rings (SSSR count). The van der Waals surface area contributed by atoms with E-state index in [2.05, 4.69) is 4.98 Å². The monoisotopic (exact) mass is 332 g/mol. The van der Waals surface area contributed by atoms with Crippen LogP contribution in [0.3, 0.4) is 0 Å². The first-order chi connectivity index (χ1) is 10.7. The second-order valence-electron chi connectivity index (χ2n) is 4.88. The quantitative estimate of drug-likeness (QED) is 0.863. The van der Waals surface area contributed by atoms with Gasteiger partial charge in [-0.25, -0.2) is 8.42 Å². The lowest BCUT2D eigenvalue weighted by Crippen LogP contribution is -2.28. The van der Waals surface area contributed by atoms with Gasteiger partial charge in [0.1, 0.15) is 0 Å². The Balaban J connectivity index is 1.84. The normalized spacial score (nSPS) is 19.7. The summed E-state index contributed by atoms with van der Waals surface area (Å²) in [5.74, 6) is 0.790. The van der Waals surface area contributed by atoms with E-state index in [9.17, 15) is 8.42 Å². The van der Waals surface area contributed by atoms with Gasteiger partial charge >= 0.3 is 0 Å². The predicted octanol–water partition coefficient (Wildman–Crippen LogP) is 3.13. The fourth-order valence-corrected chi connectivity index (χ4v) is 5.31. The molecule has 0 radical (unpaired) electrons. The van der Waals surface area contributed by atoms with Gasteiger partial charge in [0.25, 0.3) is 0 Å². The maximum atomic E-state index is 12.6. The molecule has 2 aromatic rings. The minimum atomic E-state index is -3.45. The number of rotatable bonds is 4. The molecule has 1 aliphatic heterocycles. The average Bonchev–Trinajstić information content (AvgIpc) is 3.06. The molecule has 0 N–H and O–H groups in total. The predicted molar refractivity (Wildman–Crippen MR) is 90.5 cm³/mol. The Bertz CT molecular complexity index is 746. The molecule has 2 heterocycles. The van der Waals surface area contributed by atoms with Crippen molar-refractivity contribution in [2.24, 2.45) is 0 Å². The molecule has 1 aliphatic rings. The van der Waals surface area contributed by atoms with Crippen LogP contribution < -0.4 is 0 Å². The molecule has 0 saturated carbocycles. The molecule has 1 unspecified atom stereocenters. The number of aromatic nitrogens is 1. The van der Waals surface area contributed by atoms with Crippen LogP contribution in [0.1, 0.15) is 16.5 Å². The highest BCUT2D eigenvalue weighted by molar-refractivity contribution is 8.01. The summed E-state index contributed by atoms with van der Waals surface area (Å²) in [5.41, 5.74) is 1.79. The first kappa shape index (κ1) is 15.3. The Morgan fingerprint density at radius 2 is 2.00 bits per heavy atom. The van der Waals surface area contributed by atoms with Crippen LogP contribution >= 0.6 is 11.8 Å². The number of thioether (sulfide) groups is 1. The van der Waals surface area contributed by atoms with Crippen LogP contribution in [0.15, 0.2) is 60.3 Å². The molecular weight excluding hydrogens is 316 g/mol. The van der Waals surface area contributed by atoms with Crippen molar-refractivity contribution in [2.45, 2.75) is 5.37 Å². The van der Waals surface area contributed by atoms with Gasteiger partial charge in [0.2, 0.25) is 10.0 Å². The minimum absolute atomic E-state index is 0.195. The summed E-state index contributed by atoms with van der Waals surface area (Å²) in [6.07, 6.45) is 5.06. The molecule has 0 amide bonds. The van der Waals surface area contributed by atoms with E-state index in [4.69, 9.17) is 0 Å². The minimum Gasteiger partial charge on any atom is -0.264 e. The van der Waals surface area contributed by atoms with E-state index in [0.29, 0.717) is 6.54 Å². The Morgan fingerprint density at radius 1 is 1.18 bits per heavy atom. The number of pyridine rings is 1. The van der Waals surface area contributed by atoms with E-state index >= 15 is 0 Å². The molecule has 1 aromatic heterocycles. The van der Waals surface area contributed by atoms with Crippen molar-refractivity contribution in [1.82, 2.24) is 9.29 Å². The number of hydrogen-bond acceptors (Lipinski definition) is 4. The van der Waals surface area contributed by atoms with Crippen molar-refractivity contribution >= 4 is 27.9 Å². The zero-order valence-corrected chi connectivity index (χ0v) is 13.5. The zero-order chi connectivity index (χ0) is 15.4. The van der Waals surface area contributed by atoms with Crippen LogP contribution in [0.5, 0.6) is 0 Å². The van der Waals surface area contributed by atoms with E-state index < -0.39 is 10.0 Å².